The lowest BCUT2D eigenvalue weighted by Gasteiger charge is -2.08. The van der Waals surface area contributed by atoms with Crippen molar-refractivity contribution in [3.63, 3.8) is 0 Å². The van der Waals surface area contributed by atoms with E-state index in [0.717, 1.165) is 4.90 Å². The van der Waals surface area contributed by atoms with Gasteiger partial charge in [-0.15, -0.1) is 11.8 Å². The van der Waals surface area contributed by atoms with Crippen LogP contribution in [0.3, 0.4) is 0 Å². The molecule has 0 aromatic heterocycles. The van der Waals surface area contributed by atoms with Crippen molar-refractivity contribution < 1.29 is 9.59 Å². The van der Waals surface area contributed by atoms with Gasteiger partial charge in [-0.2, -0.15) is 0 Å². The number of halogens is 2. The van der Waals surface area contributed by atoms with E-state index in [9.17, 15) is 9.59 Å². The number of urea groups is 1. The molecule has 7 heteroatoms. The molecule has 0 atom stereocenters. The normalized spacial score (nSPS) is 10.4. The summed E-state index contributed by atoms with van der Waals surface area (Å²) in [4.78, 5) is 25.2. The highest BCUT2D eigenvalue weighted by atomic mass is 35.5. The molecule has 142 valence electrons. The van der Waals surface area contributed by atoms with E-state index < -0.39 is 0 Å². The van der Waals surface area contributed by atoms with Crippen molar-refractivity contribution in [1.82, 2.24) is 0 Å². The van der Waals surface area contributed by atoms with Crippen LogP contribution in [0.1, 0.15) is 10.4 Å². The summed E-state index contributed by atoms with van der Waals surface area (Å²) < 4.78 is 0. The summed E-state index contributed by atoms with van der Waals surface area (Å²) in [6, 6.07) is 21.0. The van der Waals surface area contributed by atoms with Crippen LogP contribution >= 0.6 is 35.0 Å². The smallest absolute Gasteiger partial charge is 0.308 e. The molecule has 0 unspecified atom stereocenters. The van der Waals surface area contributed by atoms with Gasteiger partial charge in [-0.25, -0.2) is 4.79 Å². The van der Waals surface area contributed by atoms with Crippen LogP contribution < -0.4 is 10.6 Å². The number of carbonyl (C=O) groups excluding carboxylic acids is 2. The van der Waals surface area contributed by atoms with E-state index in [4.69, 9.17) is 23.2 Å². The first-order valence-corrected chi connectivity index (χ1v) is 10.1. The van der Waals surface area contributed by atoms with E-state index in [1.165, 1.54) is 11.8 Å². The highest BCUT2D eigenvalue weighted by Gasteiger charge is 2.09. The van der Waals surface area contributed by atoms with Crippen molar-refractivity contribution in [2.24, 2.45) is 0 Å². The third-order valence-electron chi connectivity index (χ3n) is 3.76. The molecule has 0 aliphatic carbocycles. The summed E-state index contributed by atoms with van der Waals surface area (Å²) in [7, 11) is 0. The van der Waals surface area contributed by atoms with Crippen LogP contribution in [0.4, 0.5) is 16.2 Å². The maximum absolute atomic E-state index is 12.3. The van der Waals surface area contributed by atoms with Gasteiger partial charge < -0.3 is 10.6 Å². The highest BCUT2D eigenvalue weighted by molar-refractivity contribution is 8.00. The van der Waals surface area contributed by atoms with E-state index in [0.29, 0.717) is 27.0 Å². The van der Waals surface area contributed by atoms with Crippen LogP contribution in [-0.2, 0) is 0 Å². The fourth-order valence-electron chi connectivity index (χ4n) is 2.35. The number of nitrogens with one attached hydrogen (secondary N) is 2. The molecule has 2 N–H and O–H groups in total. The fraction of sp³-hybridized carbons (Fsp3) is 0.0476. The van der Waals surface area contributed by atoms with Gasteiger partial charge >= 0.3 is 6.03 Å². The molecule has 0 fully saturated rings. The Morgan fingerprint density at radius 3 is 2.07 bits per heavy atom. The van der Waals surface area contributed by atoms with Crippen molar-refractivity contribution >= 4 is 58.2 Å². The number of anilines is 2. The number of hydrogen-bond donors (Lipinski definition) is 2. The fourth-order valence-corrected chi connectivity index (χ4v) is 3.44. The molecule has 0 aliphatic heterocycles. The Hall–Kier alpha value is -2.47. The Morgan fingerprint density at radius 2 is 1.43 bits per heavy atom. The molecule has 0 spiro atoms. The molecule has 3 aromatic carbocycles. The van der Waals surface area contributed by atoms with Gasteiger partial charge in [0.25, 0.3) is 0 Å². The predicted octanol–water partition coefficient (Wildman–Crippen LogP) is 6.61. The summed E-state index contributed by atoms with van der Waals surface area (Å²) in [6.45, 7) is 0. The average Bonchev–Trinajstić information content (AvgIpc) is 2.70. The van der Waals surface area contributed by atoms with E-state index in [-0.39, 0.29) is 17.6 Å². The van der Waals surface area contributed by atoms with Gasteiger partial charge in [0.2, 0.25) is 0 Å². The Balaban J connectivity index is 1.52. The van der Waals surface area contributed by atoms with Gasteiger partial charge in [0.15, 0.2) is 5.78 Å². The summed E-state index contributed by atoms with van der Waals surface area (Å²) >= 11 is 13.2. The minimum absolute atomic E-state index is 0.0343. The zero-order valence-electron chi connectivity index (χ0n) is 14.6. The van der Waals surface area contributed by atoms with Crippen LogP contribution in [0.5, 0.6) is 0 Å². The Kier molecular flexibility index (Phi) is 6.98. The van der Waals surface area contributed by atoms with Crippen LogP contribution in [0.25, 0.3) is 0 Å². The minimum atomic E-state index is -0.318. The second-order valence-corrected chi connectivity index (χ2v) is 7.67. The molecular formula is C21H16Cl2N2O2S. The van der Waals surface area contributed by atoms with Crippen molar-refractivity contribution in [1.29, 1.82) is 0 Å². The maximum atomic E-state index is 12.3. The van der Waals surface area contributed by atoms with Crippen LogP contribution in [-0.4, -0.2) is 17.6 Å². The molecule has 4 nitrogen and oxygen atoms in total. The summed E-state index contributed by atoms with van der Waals surface area (Å²) in [5.74, 6) is 0.243. The molecule has 0 heterocycles. The average molecular weight is 431 g/mol. The molecule has 0 radical (unpaired) electrons. The molecule has 0 saturated carbocycles. The molecule has 2 amide bonds. The topological polar surface area (TPSA) is 58.2 Å². The second-order valence-electron chi connectivity index (χ2n) is 5.81. The van der Waals surface area contributed by atoms with E-state index in [2.05, 4.69) is 10.6 Å². The number of rotatable bonds is 6. The van der Waals surface area contributed by atoms with Gasteiger partial charge in [-0.3, -0.25) is 4.79 Å². The molecule has 3 aromatic rings. The van der Waals surface area contributed by atoms with Crippen LogP contribution in [0.15, 0.2) is 77.7 Å². The first kappa shape index (κ1) is 20.3. The lowest BCUT2D eigenvalue weighted by atomic mass is 10.1. The standard InChI is InChI=1S/C21H16Cl2N2O2S/c22-18-11-6-14(12-19(18)23)20(26)13-28-17-9-7-16(8-10-17)25-21(27)24-15-4-2-1-3-5-15/h1-12H,13H2,(H2,24,25,27). The molecule has 3 rings (SSSR count). The number of benzene rings is 3. The zero-order valence-corrected chi connectivity index (χ0v) is 16.9. The quantitative estimate of drug-likeness (QED) is 0.341. The van der Waals surface area contributed by atoms with Crippen molar-refractivity contribution in [2.45, 2.75) is 4.90 Å². The van der Waals surface area contributed by atoms with Gasteiger partial charge in [0, 0.05) is 21.8 Å². The van der Waals surface area contributed by atoms with Crippen molar-refractivity contribution in [3.8, 4) is 0 Å². The molecule has 0 aliphatic rings. The molecular weight excluding hydrogens is 415 g/mol. The number of para-hydroxylation sites is 1. The second kappa shape index (κ2) is 9.64. The Morgan fingerprint density at radius 1 is 0.786 bits per heavy atom. The highest BCUT2D eigenvalue weighted by Crippen LogP contribution is 2.25. The SMILES string of the molecule is O=C(Nc1ccccc1)Nc1ccc(SCC(=O)c2ccc(Cl)c(Cl)c2)cc1. The third-order valence-corrected chi connectivity index (χ3v) is 5.51. The van der Waals surface area contributed by atoms with Gasteiger partial charge in [-0.1, -0.05) is 41.4 Å². The van der Waals surface area contributed by atoms with Gasteiger partial charge in [0.05, 0.1) is 15.8 Å². The molecule has 28 heavy (non-hydrogen) atoms. The van der Waals surface area contributed by atoms with Crippen LogP contribution in [0, 0.1) is 0 Å². The lowest BCUT2D eigenvalue weighted by molar-refractivity contribution is 0.102. The first-order valence-electron chi connectivity index (χ1n) is 8.35. The summed E-state index contributed by atoms with van der Waals surface area (Å²) in [5, 5.41) is 6.30. The van der Waals surface area contributed by atoms with Crippen molar-refractivity contribution in [3.05, 3.63) is 88.4 Å². The summed E-state index contributed by atoms with van der Waals surface area (Å²) in [5.41, 5.74) is 1.90. The maximum Gasteiger partial charge on any atom is 0.323 e. The van der Waals surface area contributed by atoms with E-state index >= 15 is 0 Å². The third kappa shape index (κ3) is 5.76. The molecule has 0 bridgehead atoms. The number of carbonyl (C=O) groups is 2. The van der Waals surface area contributed by atoms with Gasteiger partial charge in [-0.05, 0) is 54.6 Å². The Labute approximate surface area is 177 Å². The van der Waals surface area contributed by atoms with E-state index in [1.807, 2.05) is 42.5 Å². The monoisotopic (exact) mass is 430 g/mol. The number of ketones is 1. The lowest BCUT2D eigenvalue weighted by Crippen LogP contribution is -2.19. The van der Waals surface area contributed by atoms with E-state index in [1.54, 1.807) is 30.3 Å². The predicted molar refractivity (Wildman–Crippen MR) is 117 cm³/mol. The van der Waals surface area contributed by atoms with Crippen LogP contribution in [0.2, 0.25) is 10.0 Å². The number of Topliss-reactive ketones (excluding diaryl/α,β-unsaturated/α-hetero) is 1. The number of thioether (sulfide) groups is 1. The Bertz CT molecular complexity index is 979. The number of amides is 2. The zero-order chi connectivity index (χ0) is 19.9. The van der Waals surface area contributed by atoms with Crippen molar-refractivity contribution in [2.75, 3.05) is 16.4 Å². The minimum Gasteiger partial charge on any atom is -0.308 e. The largest absolute Gasteiger partial charge is 0.323 e. The summed E-state index contributed by atoms with van der Waals surface area (Å²) in [6.07, 6.45) is 0. The molecule has 0 saturated heterocycles. The first-order chi connectivity index (χ1) is 13.5. The number of hydrogen-bond acceptors (Lipinski definition) is 3. The van der Waals surface area contributed by atoms with Gasteiger partial charge in [0.1, 0.15) is 0 Å².